The van der Waals surface area contributed by atoms with Crippen LogP contribution in [0.2, 0.25) is 10.0 Å². The zero-order valence-corrected chi connectivity index (χ0v) is 25.2. The van der Waals surface area contributed by atoms with Crippen molar-refractivity contribution >= 4 is 46.7 Å². The van der Waals surface area contributed by atoms with E-state index >= 15 is 0 Å². The molecule has 0 aromatic heterocycles. The van der Waals surface area contributed by atoms with Crippen LogP contribution in [0.25, 0.3) is 0 Å². The monoisotopic (exact) mass is 580 g/mol. The van der Waals surface area contributed by atoms with Crippen LogP contribution in [0.1, 0.15) is 70.9 Å². The summed E-state index contributed by atoms with van der Waals surface area (Å²) in [4.78, 5) is 44.8. The summed E-state index contributed by atoms with van der Waals surface area (Å²) < 4.78 is 5.59. The van der Waals surface area contributed by atoms with E-state index in [1.165, 1.54) is 0 Å². The number of anilines is 1. The number of carbonyl (C=O) groups is 3. The molecule has 40 heavy (non-hydrogen) atoms. The summed E-state index contributed by atoms with van der Waals surface area (Å²) in [5.74, 6) is -1.25. The molecule has 6 nitrogen and oxygen atoms in total. The van der Waals surface area contributed by atoms with Gasteiger partial charge in [-0.05, 0) is 69.4 Å². The second kappa shape index (κ2) is 10.1. The van der Waals surface area contributed by atoms with E-state index in [2.05, 4.69) is 18.7 Å². The molecular weight excluding hydrogens is 547 g/mol. The van der Waals surface area contributed by atoms with Gasteiger partial charge >= 0.3 is 6.09 Å². The molecule has 210 valence electrons. The van der Waals surface area contributed by atoms with Gasteiger partial charge in [-0.25, -0.2) is 9.69 Å². The highest BCUT2D eigenvalue weighted by atomic mass is 35.5. The summed E-state index contributed by atoms with van der Waals surface area (Å²) in [6, 6.07) is 13.2. The number of ether oxygens (including phenoxy) is 1. The number of imide groups is 1. The highest BCUT2D eigenvalue weighted by molar-refractivity contribution is 6.35. The zero-order valence-electron chi connectivity index (χ0n) is 23.7. The van der Waals surface area contributed by atoms with Gasteiger partial charge in [0.05, 0.1) is 0 Å². The van der Waals surface area contributed by atoms with Crippen molar-refractivity contribution in [2.45, 2.75) is 72.3 Å². The van der Waals surface area contributed by atoms with Crippen molar-refractivity contribution in [3.05, 3.63) is 86.2 Å². The number of rotatable bonds is 2. The van der Waals surface area contributed by atoms with Crippen LogP contribution in [0.5, 0.6) is 0 Å². The minimum absolute atomic E-state index is 0.0341. The first-order valence-electron chi connectivity index (χ1n) is 13.5. The van der Waals surface area contributed by atoms with Gasteiger partial charge in [-0.1, -0.05) is 60.8 Å². The van der Waals surface area contributed by atoms with Crippen molar-refractivity contribution in [1.82, 2.24) is 4.90 Å². The van der Waals surface area contributed by atoms with Crippen LogP contribution in [0.15, 0.2) is 65.0 Å². The van der Waals surface area contributed by atoms with E-state index < -0.39 is 23.5 Å². The molecule has 0 fully saturated rings. The van der Waals surface area contributed by atoms with Gasteiger partial charge < -0.3 is 9.64 Å². The molecule has 2 amide bonds. The van der Waals surface area contributed by atoms with Gasteiger partial charge in [0.1, 0.15) is 5.60 Å². The molecule has 0 spiro atoms. The lowest BCUT2D eigenvalue weighted by molar-refractivity contribution is -0.127. The molecule has 3 aliphatic rings. The summed E-state index contributed by atoms with van der Waals surface area (Å²) in [6.45, 7) is 11.7. The Hall–Kier alpha value is -3.09. The maximum Gasteiger partial charge on any atom is 0.417 e. The predicted molar refractivity (Wildman–Crippen MR) is 157 cm³/mol. The van der Waals surface area contributed by atoms with Gasteiger partial charge in [0.25, 0.3) is 5.91 Å². The largest absolute Gasteiger partial charge is 0.443 e. The minimum Gasteiger partial charge on any atom is -0.443 e. The normalized spacial score (nSPS) is 20.9. The SMILES string of the molecule is Cc1ccc(N2C3=C(C(=O)CC(C)(C)C3)C(c3ccc(Cl)cc3Cl)C3=C2CCN(C(=O)OC(C)(C)C)C3=O)cc1. The lowest BCUT2D eigenvalue weighted by Gasteiger charge is -2.48. The second-order valence-corrected chi connectivity index (χ2v) is 13.5. The van der Waals surface area contributed by atoms with Crippen LogP contribution in [0, 0.1) is 12.3 Å². The molecule has 1 unspecified atom stereocenters. The van der Waals surface area contributed by atoms with Crippen LogP contribution in [0.3, 0.4) is 0 Å². The van der Waals surface area contributed by atoms with Crippen LogP contribution >= 0.6 is 23.2 Å². The average Bonchev–Trinajstić information content (AvgIpc) is 2.82. The quantitative estimate of drug-likeness (QED) is 0.360. The number of carbonyl (C=O) groups excluding carboxylic acids is 3. The molecule has 0 N–H and O–H groups in total. The smallest absolute Gasteiger partial charge is 0.417 e. The number of hydrogen-bond acceptors (Lipinski definition) is 5. The van der Waals surface area contributed by atoms with Crippen LogP contribution in [-0.2, 0) is 14.3 Å². The molecule has 0 saturated carbocycles. The van der Waals surface area contributed by atoms with E-state index in [1.54, 1.807) is 39.0 Å². The predicted octanol–water partition coefficient (Wildman–Crippen LogP) is 7.97. The van der Waals surface area contributed by atoms with Crippen molar-refractivity contribution in [1.29, 1.82) is 0 Å². The first-order valence-corrected chi connectivity index (χ1v) is 14.3. The van der Waals surface area contributed by atoms with Crippen LogP contribution < -0.4 is 4.90 Å². The Kier molecular flexibility index (Phi) is 7.16. The Balaban J connectivity index is 1.77. The maximum absolute atomic E-state index is 14.3. The molecule has 8 heteroatoms. The number of nitrogens with zero attached hydrogens (tertiary/aromatic N) is 2. The summed E-state index contributed by atoms with van der Waals surface area (Å²) >= 11 is 13.0. The topological polar surface area (TPSA) is 66.9 Å². The third-order valence-corrected chi connectivity index (χ3v) is 8.11. The molecule has 2 aromatic rings. The number of hydrogen-bond donors (Lipinski definition) is 0. The fraction of sp³-hybridized carbons (Fsp3) is 0.406. The Morgan fingerprint density at radius 2 is 1.65 bits per heavy atom. The third-order valence-electron chi connectivity index (χ3n) is 7.55. The van der Waals surface area contributed by atoms with Crippen LogP contribution in [-0.4, -0.2) is 34.8 Å². The number of Topliss-reactive ketones (excluding diaryl/α,β-unsaturated/α-hetero) is 1. The molecule has 2 aliphatic heterocycles. The number of aryl methyl sites for hydroxylation is 1. The van der Waals surface area contributed by atoms with Gasteiger partial charge in [-0.2, -0.15) is 0 Å². The van der Waals surface area contributed by atoms with E-state index in [-0.39, 0.29) is 17.7 Å². The molecule has 0 saturated heterocycles. The fourth-order valence-corrected chi connectivity index (χ4v) is 6.44. The fourth-order valence-electron chi connectivity index (χ4n) is 5.92. The highest BCUT2D eigenvalue weighted by Gasteiger charge is 2.50. The Bertz CT molecular complexity index is 1480. The molecule has 1 aliphatic carbocycles. The average molecular weight is 582 g/mol. The molecule has 1 atom stereocenters. The van der Waals surface area contributed by atoms with Crippen molar-refractivity contribution in [3.63, 3.8) is 0 Å². The van der Waals surface area contributed by atoms with Crippen molar-refractivity contribution < 1.29 is 19.1 Å². The molecule has 2 aromatic carbocycles. The van der Waals surface area contributed by atoms with Gasteiger partial charge in [0, 0.05) is 63.6 Å². The number of halogens is 2. The van der Waals surface area contributed by atoms with E-state index in [4.69, 9.17) is 27.9 Å². The number of benzene rings is 2. The minimum atomic E-state index is -0.772. The zero-order chi connectivity index (χ0) is 29.1. The van der Waals surface area contributed by atoms with E-state index in [9.17, 15) is 14.4 Å². The van der Waals surface area contributed by atoms with Gasteiger partial charge in [-0.3, -0.25) is 9.59 Å². The van der Waals surface area contributed by atoms with Crippen molar-refractivity contribution in [3.8, 4) is 0 Å². The summed E-state index contributed by atoms with van der Waals surface area (Å²) in [6.07, 6.45) is 0.677. The van der Waals surface area contributed by atoms with E-state index in [1.807, 2.05) is 31.2 Å². The molecule has 0 bridgehead atoms. The molecule has 0 radical (unpaired) electrons. The summed E-state index contributed by atoms with van der Waals surface area (Å²) in [7, 11) is 0. The lowest BCUT2D eigenvalue weighted by atomic mass is 9.67. The molecule has 2 heterocycles. The van der Waals surface area contributed by atoms with Crippen molar-refractivity contribution in [2.24, 2.45) is 5.41 Å². The first kappa shape index (κ1) is 28.4. The Morgan fingerprint density at radius 3 is 2.27 bits per heavy atom. The number of amides is 2. The van der Waals surface area contributed by atoms with Gasteiger partial charge in [0.15, 0.2) is 5.78 Å². The maximum atomic E-state index is 14.3. The van der Waals surface area contributed by atoms with Crippen LogP contribution in [0.4, 0.5) is 10.5 Å². The summed E-state index contributed by atoms with van der Waals surface area (Å²) in [5.41, 5.74) is 4.10. The third kappa shape index (κ3) is 5.19. The van der Waals surface area contributed by atoms with Crippen molar-refractivity contribution in [2.75, 3.05) is 11.4 Å². The standard InChI is InChI=1S/C32H34Cl2N2O4/c1-18-7-10-20(11-8-18)36-23-13-14-35(30(39)40-31(2,3)4)29(38)28(23)26(21-12-9-19(33)15-22(21)34)27-24(36)16-32(5,6)17-25(27)37/h7-12,15,26H,13-14,16-17H2,1-6H3. The summed E-state index contributed by atoms with van der Waals surface area (Å²) in [5, 5.41) is 0.815. The van der Waals surface area contributed by atoms with E-state index in [0.717, 1.165) is 27.5 Å². The Labute approximate surface area is 245 Å². The van der Waals surface area contributed by atoms with E-state index in [0.29, 0.717) is 46.0 Å². The number of allylic oxidation sites excluding steroid dienone is 2. The molecular formula is C32H34Cl2N2O4. The highest BCUT2D eigenvalue weighted by Crippen LogP contribution is 2.54. The Morgan fingerprint density at radius 1 is 0.975 bits per heavy atom. The van der Waals surface area contributed by atoms with Gasteiger partial charge in [0.2, 0.25) is 0 Å². The first-order chi connectivity index (χ1) is 18.7. The lowest BCUT2D eigenvalue weighted by Crippen LogP contribution is -2.50. The second-order valence-electron chi connectivity index (χ2n) is 12.6. The molecule has 5 rings (SSSR count). The number of ketones is 1. The van der Waals surface area contributed by atoms with Gasteiger partial charge in [-0.15, -0.1) is 0 Å².